The van der Waals surface area contributed by atoms with Crippen molar-refractivity contribution in [3.8, 4) is 0 Å². The van der Waals surface area contributed by atoms with Crippen LogP contribution in [0.3, 0.4) is 0 Å². The van der Waals surface area contributed by atoms with Gasteiger partial charge in [-0.25, -0.2) is 0 Å². The lowest BCUT2D eigenvalue weighted by Gasteiger charge is -2.51. The first-order valence-corrected chi connectivity index (χ1v) is 7.81. The molecule has 0 aromatic rings. The summed E-state index contributed by atoms with van der Waals surface area (Å²) in [5.41, 5.74) is 1.16. The number of hydrogen-bond acceptors (Lipinski definition) is 2. The zero-order chi connectivity index (χ0) is 12.6. The minimum absolute atomic E-state index is 0.575. The highest BCUT2D eigenvalue weighted by atomic mass is 16.4. The number of piperidine rings is 1. The minimum atomic E-state index is 0.575. The van der Waals surface area contributed by atoms with E-state index in [0.29, 0.717) is 11.8 Å². The fourth-order valence-corrected chi connectivity index (χ4v) is 4.91. The molecule has 3 atom stereocenters. The lowest BCUT2D eigenvalue weighted by Crippen LogP contribution is -2.61. The summed E-state index contributed by atoms with van der Waals surface area (Å²) in [6.07, 6.45) is 10.6. The second-order valence-electron chi connectivity index (χ2n) is 6.89. The molecule has 1 heterocycles. The summed E-state index contributed by atoms with van der Waals surface area (Å²) in [4.78, 5) is 0. The third-order valence-electron chi connectivity index (χ3n) is 5.90. The van der Waals surface area contributed by atoms with E-state index in [1.54, 1.807) is 0 Å². The predicted octanol–water partition coefficient (Wildman–Crippen LogP) is 3.03. The summed E-state index contributed by atoms with van der Waals surface area (Å²) in [6.45, 7) is 2.68. The first kappa shape index (κ1) is 12.5. The fourth-order valence-electron chi connectivity index (χ4n) is 4.91. The summed E-state index contributed by atoms with van der Waals surface area (Å²) in [6, 6.07) is 0.729. The van der Waals surface area contributed by atoms with Crippen LogP contribution < -0.4 is 0 Å². The van der Waals surface area contributed by atoms with Gasteiger partial charge in [-0.15, -0.1) is 0 Å². The number of likely N-dealkylation sites (tertiary alicyclic amines) is 1. The number of quaternary nitrogens is 1. The zero-order valence-electron chi connectivity index (χ0n) is 11.6. The van der Waals surface area contributed by atoms with Crippen molar-refractivity contribution in [1.29, 1.82) is 0 Å². The predicted molar refractivity (Wildman–Crippen MR) is 72.8 cm³/mol. The third kappa shape index (κ3) is 1.97. The van der Waals surface area contributed by atoms with E-state index in [4.69, 9.17) is 0 Å². The van der Waals surface area contributed by atoms with E-state index in [0.717, 1.165) is 11.8 Å². The molecule has 0 aromatic heterocycles. The van der Waals surface area contributed by atoms with Gasteiger partial charge in [0.2, 0.25) is 0 Å². The van der Waals surface area contributed by atoms with Gasteiger partial charge in [-0.05, 0) is 38.5 Å². The number of fused-ring (bicyclic) bond motifs is 2. The van der Waals surface area contributed by atoms with Crippen molar-refractivity contribution in [3.05, 3.63) is 0 Å². The molecule has 3 unspecified atom stereocenters. The molecule has 102 valence electrons. The van der Waals surface area contributed by atoms with Gasteiger partial charge in [-0.1, -0.05) is 11.6 Å². The van der Waals surface area contributed by atoms with Crippen LogP contribution in [0.5, 0.6) is 0 Å². The zero-order valence-corrected chi connectivity index (χ0v) is 11.6. The van der Waals surface area contributed by atoms with Gasteiger partial charge in [0.1, 0.15) is 0 Å². The second kappa shape index (κ2) is 4.84. The highest BCUT2D eigenvalue weighted by Gasteiger charge is 2.48. The van der Waals surface area contributed by atoms with Gasteiger partial charge in [0.25, 0.3) is 0 Å². The van der Waals surface area contributed by atoms with Crippen molar-refractivity contribution in [1.82, 2.24) is 0 Å². The lowest BCUT2D eigenvalue weighted by molar-refractivity contribution is -0.941. The summed E-state index contributed by atoms with van der Waals surface area (Å²) in [7, 11) is 2.45. The van der Waals surface area contributed by atoms with Crippen LogP contribution in [0.15, 0.2) is 5.16 Å². The summed E-state index contributed by atoms with van der Waals surface area (Å²) in [5.74, 6) is 1.17. The summed E-state index contributed by atoms with van der Waals surface area (Å²) in [5, 5.41) is 13.1. The van der Waals surface area contributed by atoms with Crippen molar-refractivity contribution in [2.75, 3.05) is 20.1 Å². The normalized spacial score (nSPS) is 41.8. The van der Waals surface area contributed by atoms with E-state index < -0.39 is 0 Å². The second-order valence-corrected chi connectivity index (χ2v) is 6.89. The van der Waals surface area contributed by atoms with Gasteiger partial charge >= 0.3 is 0 Å². The highest BCUT2D eigenvalue weighted by Crippen LogP contribution is 2.42. The molecule has 0 spiro atoms. The van der Waals surface area contributed by atoms with Gasteiger partial charge in [0, 0.05) is 12.3 Å². The molecule has 0 amide bonds. The Labute approximate surface area is 110 Å². The van der Waals surface area contributed by atoms with Crippen molar-refractivity contribution in [2.45, 2.75) is 57.4 Å². The molecule has 1 N–H and O–H groups in total. The van der Waals surface area contributed by atoms with E-state index in [9.17, 15) is 5.21 Å². The molecular weight excluding hydrogens is 224 g/mol. The fraction of sp³-hybridized carbons (Fsp3) is 0.933. The van der Waals surface area contributed by atoms with Crippen LogP contribution in [0.2, 0.25) is 0 Å². The monoisotopic (exact) mass is 251 g/mol. The van der Waals surface area contributed by atoms with Crippen molar-refractivity contribution >= 4 is 5.71 Å². The molecule has 3 rings (SSSR count). The Morgan fingerprint density at radius 1 is 1.00 bits per heavy atom. The minimum Gasteiger partial charge on any atom is -0.411 e. The Bertz CT molecular complexity index is 333. The maximum absolute atomic E-state index is 9.38. The molecular formula is C15H27N2O+. The summed E-state index contributed by atoms with van der Waals surface area (Å²) >= 11 is 0. The first-order valence-electron chi connectivity index (χ1n) is 7.81. The van der Waals surface area contributed by atoms with Crippen molar-refractivity contribution in [3.63, 3.8) is 0 Å². The molecule has 2 bridgehead atoms. The Morgan fingerprint density at radius 3 is 2.50 bits per heavy atom. The van der Waals surface area contributed by atoms with Crippen LogP contribution in [-0.4, -0.2) is 41.6 Å². The van der Waals surface area contributed by atoms with Crippen LogP contribution in [-0.2, 0) is 0 Å². The van der Waals surface area contributed by atoms with E-state index in [-0.39, 0.29) is 0 Å². The van der Waals surface area contributed by atoms with Gasteiger partial charge in [-0.3, -0.25) is 0 Å². The summed E-state index contributed by atoms with van der Waals surface area (Å²) < 4.78 is 1.25. The third-order valence-corrected chi connectivity index (χ3v) is 5.90. The van der Waals surface area contributed by atoms with Gasteiger partial charge in [0.05, 0.1) is 37.8 Å². The van der Waals surface area contributed by atoms with E-state index in [2.05, 4.69) is 12.2 Å². The Balaban J connectivity index is 1.83. The average molecular weight is 251 g/mol. The molecule has 2 aliphatic carbocycles. The molecule has 3 nitrogen and oxygen atoms in total. The first-order chi connectivity index (χ1) is 8.74. The van der Waals surface area contributed by atoms with Crippen LogP contribution in [0.25, 0.3) is 0 Å². The molecule has 3 heteroatoms. The van der Waals surface area contributed by atoms with Crippen LogP contribution in [0, 0.1) is 11.8 Å². The Kier molecular flexibility index (Phi) is 3.35. The largest absolute Gasteiger partial charge is 0.411 e. The van der Waals surface area contributed by atoms with Crippen LogP contribution in [0.1, 0.15) is 51.4 Å². The number of oxime groups is 1. The number of rotatable bonds is 1. The molecule has 3 aliphatic rings. The SMILES string of the molecule is C[N+]1(C2CCC3CCCC2C3=NO)CCCCC1. The highest BCUT2D eigenvalue weighted by molar-refractivity contribution is 5.90. The molecule has 18 heavy (non-hydrogen) atoms. The smallest absolute Gasteiger partial charge is 0.0971 e. The lowest BCUT2D eigenvalue weighted by atomic mass is 9.67. The van der Waals surface area contributed by atoms with Crippen molar-refractivity contribution in [2.24, 2.45) is 17.0 Å². The quantitative estimate of drug-likeness (QED) is 0.434. The van der Waals surface area contributed by atoms with Crippen LogP contribution in [0.4, 0.5) is 0 Å². The van der Waals surface area contributed by atoms with E-state index in [1.807, 2.05) is 0 Å². The Morgan fingerprint density at radius 2 is 1.78 bits per heavy atom. The van der Waals surface area contributed by atoms with E-state index >= 15 is 0 Å². The topological polar surface area (TPSA) is 32.6 Å². The van der Waals surface area contributed by atoms with Gasteiger partial charge in [-0.2, -0.15) is 0 Å². The van der Waals surface area contributed by atoms with Crippen LogP contribution >= 0.6 is 0 Å². The molecule has 0 radical (unpaired) electrons. The van der Waals surface area contributed by atoms with Gasteiger partial charge < -0.3 is 9.69 Å². The average Bonchev–Trinajstić information content (AvgIpc) is 2.38. The van der Waals surface area contributed by atoms with Gasteiger partial charge in [0.15, 0.2) is 0 Å². The molecule has 0 aromatic carbocycles. The van der Waals surface area contributed by atoms with E-state index in [1.165, 1.54) is 68.9 Å². The standard InChI is InChI=1S/C15H26N2O/c1-17(10-3-2-4-11-17)14-9-8-12-6-5-7-13(14)15(12)16-18/h12-14H,2-11H2,1H3/p+1. The number of hydrogen-bond donors (Lipinski definition) is 1. The molecule has 1 aliphatic heterocycles. The number of nitrogens with zero attached hydrogens (tertiary/aromatic N) is 2. The Hall–Kier alpha value is -0.570. The maximum atomic E-state index is 9.38. The van der Waals surface area contributed by atoms with Crippen molar-refractivity contribution < 1.29 is 9.69 Å². The maximum Gasteiger partial charge on any atom is 0.0971 e. The molecule has 3 fully saturated rings. The molecule has 1 saturated heterocycles. The molecule has 2 saturated carbocycles.